The van der Waals surface area contributed by atoms with Gasteiger partial charge in [-0.05, 0) is 6.92 Å². The predicted octanol–water partition coefficient (Wildman–Crippen LogP) is -0.238. The molecule has 5 heteroatoms. The van der Waals surface area contributed by atoms with Crippen LogP contribution in [0.15, 0.2) is 18.6 Å². The first-order valence-electron chi connectivity index (χ1n) is 3.52. The Hall–Kier alpha value is -1.49. The Labute approximate surface area is 70.0 Å². The van der Waals surface area contributed by atoms with Gasteiger partial charge in [0, 0.05) is 12.4 Å². The van der Waals surface area contributed by atoms with Crippen LogP contribution in [0.1, 0.15) is 6.92 Å². The van der Waals surface area contributed by atoms with Gasteiger partial charge in [0.15, 0.2) is 5.82 Å². The molecule has 0 fully saturated rings. The summed E-state index contributed by atoms with van der Waals surface area (Å²) in [6.07, 6.45) is 4.48. The van der Waals surface area contributed by atoms with Crippen LogP contribution in [0.25, 0.3) is 0 Å². The summed E-state index contributed by atoms with van der Waals surface area (Å²) >= 11 is 0. The summed E-state index contributed by atoms with van der Waals surface area (Å²) in [5, 5.41) is 2.50. The summed E-state index contributed by atoms with van der Waals surface area (Å²) in [4.78, 5) is 18.6. The van der Waals surface area contributed by atoms with Crippen molar-refractivity contribution >= 4 is 11.7 Å². The molecule has 0 saturated carbocycles. The molecule has 0 spiro atoms. The molecule has 12 heavy (non-hydrogen) atoms. The summed E-state index contributed by atoms with van der Waals surface area (Å²) in [5.74, 6) is 0.148. The van der Waals surface area contributed by atoms with Crippen LogP contribution in [-0.2, 0) is 4.79 Å². The van der Waals surface area contributed by atoms with Crippen LogP contribution < -0.4 is 11.1 Å². The van der Waals surface area contributed by atoms with Crippen molar-refractivity contribution < 1.29 is 4.79 Å². The van der Waals surface area contributed by atoms with Gasteiger partial charge in [-0.3, -0.25) is 9.78 Å². The fourth-order valence-corrected chi connectivity index (χ4v) is 0.604. The van der Waals surface area contributed by atoms with Crippen molar-refractivity contribution in [1.29, 1.82) is 0 Å². The third kappa shape index (κ3) is 2.28. The molecule has 1 heterocycles. The number of amides is 1. The maximum Gasteiger partial charge on any atom is 0.242 e. The van der Waals surface area contributed by atoms with E-state index in [1.54, 1.807) is 6.92 Å². The second-order valence-corrected chi connectivity index (χ2v) is 2.37. The van der Waals surface area contributed by atoms with E-state index in [1.807, 2.05) is 0 Å². The molecule has 5 nitrogen and oxygen atoms in total. The molecule has 1 aromatic rings. The Kier molecular flexibility index (Phi) is 2.71. The lowest BCUT2D eigenvalue weighted by Crippen LogP contribution is -2.32. The average Bonchev–Trinajstić information content (AvgIpc) is 2.06. The van der Waals surface area contributed by atoms with Crippen molar-refractivity contribution in [1.82, 2.24) is 9.97 Å². The van der Waals surface area contributed by atoms with Gasteiger partial charge in [0.2, 0.25) is 5.91 Å². The van der Waals surface area contributed by atoms with E-state index < -0.39 is 6.04 Å². The maximum absolute atomic E-state index is 11.0. The second kappa shape index (κ2) is 3.77. The van der Waals surface area contributed by atoms with Crippen LogP contribution in [0, 0.1) is 0 Å². The zero-order valence-corrected chi connectivity index (χ0v) is 6.69. The van der Waals surface area contributed by atoms with Crippen LogP contribution in [0.4, 0.5) is 5.82 Å². The summed E-state index contributed by atoms with van der Waals surface area (Å²) in [5.41, 5.74) is 5.32. The molecule has 0 aliphatic heterocycles. The van der Waals surface area contributed by atoms with E-state index in [2.05, 4.69) is 15.3 Å². The number of nitrogens with zero attached hydrogens (tertiary/aromatic N) is 2. The van der Waals surface area contributed by atoms with Crippen molar-refractivity contribution in [2.45, 2.75) is 13.0 Å². The van der Waals surface area contributed by atoms with Crippen LogP contribution >= 0.6 is 0 Å². The molecular formula is C7H10N4O. The lowest BCUT2D eigenvalue weighted by molar-refractivity contribution is -0.117. The van der Waals surface area contributed by atoms with Crippen LogP contribution in [0.5, 0.6) is 0 Å². The minimum Gasteiger partial charge on any atom is -0.320 e. The van der Waals surface area contributed by atoms with Gasteiger partial charge >= 0.3 is 0 Å². The highest BCUT2D eigenvalue weighted by Crippen LogP contribution is 1.96. The first kappa shape index (κ1) is 8.61. The van der Waals surface area contributed by atoms with Crippen LogP contribution in [0.2, 0.25) is 0 Å². The summed E-state index contributed by atoms with van der Waals surface area (Å²) < 4.78 is 0. The quantitative estimate of drug-likeness (QED) is 0.635. The molecule has 0 aromatic carbocycles. The van der Waals surface area contributed by atoms with Gasteiger partial charge in [0.05, 0.1) is 12.2 Å². The average molecular weight is 166 g/mol. The molecular weight excluding hydrogens is 156 g/mol. The highest BCUT2D eigenvalue weighted by molar-refractivity contribution is 5.93. The molecule has 1 amide bonds. The van der Waals surface area contributed by atoms with E-state index >= 15 is 0 Å². The predicted molar refractivity (Wildman–Crippen MR) is 44.3 cm³/mol. The number of nitrogens with two attached hydrogens (primary N) is 1. The highest BCUT2D eigenvalue weighted by Gasteiger charge is 2.06. The fraction of sp³-hybridized carbons (Fsp3) is 0.286. The SMILES string of the molecule is C[C@H](N)C(=O)Nc1cnccn1. The van der Waals surface area contributed by atoms with Gasteiger partial charge < -0.3 is 11.1 Å². The molecule has 0 aliphatic rings. The van der Waals surface area contributed by atoms with Crippen LogP contribution in [-0.4, -0.2) is 21.9 Å². The standard InChI is InChI=1S/C7H10N4O/c1-5(8)7(12)11-6-4-9-2-3-10-6/h2-5H,8H2,1H3,(H,10,11,12)/t5-/m0/s1. The van der Waals surface area contributed by atoms with E-state index in [-0.39, 0.29) is 5.91 Å². The van der Waals surface area contributed by atoms with E-state index in [4.69, 9.17) is 5.73 Å². The Morgan fingerprint density at radius 3 is 2.92 bits per heavy atom. The first-order valence-corrected chi connectivity index (χ1v) is 3.52. The molecule has 0 saturated heterocycles. The third-order valence-corrected chi connectivity index (χ3v) is 1.23. The number of hydrogen-bond acceptors (Lipinski definition) is 4. The molecule has 1 rings (SSSR count). The number of rotatable bonds is 2. The molecule has 1 aromatic heterocycles. The topological polar surface area (TPSA) is 80.9 Å². The normalized spacial score (nSPS) is 12.2. The van der Waals surface area contributed by atoms with Gasteiger partial charge in [-0.15, -0.1) is 0 Å². The smallest absolute Gasteiger partial charge is 0.242 e. The Morgan fingerprint density at radius 2 is 2.42 bits per heavy atom. The zero-order valence-electron chi connectivity index (χ0n) is 6.69. The molecule has 0 radical (unpaired) electrons. The lowest BCUT2D eigenvalue weighted by Gasteiger charge is -2.04. The largest absolute Gasteiger partial charge is 0.320 e. The molecule has 0 bridgehead atoms. The van der Waals surface area contributed by atoms with Crippen LogP contribution in [0.3, 0.4) is 0 Å². The Bertz CT molecular complexity index is 259. The lowest BCUT2D eigenvalue weighted by atomic mass is 10.3. The second-order valence-electron chi connectivity index (χ2n) is 2.37. The molecule has 0 unspecified atom stereocenters. The number of anilines is 1. The minimum absolute atomic E-state index is 0.268. The van der Waals surface area contributed by atoms with Crippen molar-refractivity contribution in [3.8, 4) is 0 Å². The summed E-state index contributed by atoms with van der Waals surface area (Å²) in [6, 6.07) is -0.535. The first-order chi connectivity index (χ1) is 5.70. The van der Waals surface area contributed by atoms with E-state index in [9.17, 15) is 4.79 Å². The molecule has 3 N–H and O–H groups in total. The maximum atomic E-state index is 11.0. The summed E-state index contributed by atoms with van der Waals surface area (Å²) in [7, 11) is 0. The van der Waals surface area contributed by atoms with Crippen molar-refractivity contribution in [2.24, 2.45) is 5.73 Å². The zero-order chi connectivity index (χ0) is 8.97. The van der Waals surface area contributed by atoms with E-state index in [1.165, 1.54) is 18.6 Å². The monoisotopic (exact) mass is 166 g/mol. The van der Waals surface area contributed by atoms with E-state index in [0.717, 1.165) is 0 Å². The molecule has 0 aliphatic carbocycles. The Balaban J connectivity index is 2.59. The minimum atomic E-state index is -0.535. The molecule has 64 valence electrons. The van der Waals surface area contributed by atoms with Gasteiger partial charge in [-0.25, -0.2) is 4.98 Å². The Morgan fingerprint density at radius 1 is 1.67 bits per heavy atom. The van der Waals surface area contributed by atoms with Gasteiger partial charge in [-0.2, -0.15) is 0 Å². The van der Waals surface area contributed by atoms with Gasteiger partial charge in [0.1, 0.15) is 0 Å². The third-order valence-electron chi connectivity index (χ3n) is 1.23. The number of aromatic nitrogens is 2. The summed E-state index contributed by atoms with van der Waals surface area (Å²) in [6.45, 7) is 1.60. The van der Waals surface area contributed by atoms with Crippen molar-refractivity contribution in [2.75, 3.05) is 5.32 Å². The van der Waals surface area contributed by atoms with E-state index in [0.29, 0.717) is 5.82 Å². The number of hydrogen-bond donors (Lipinski definition) is 2. The number of nitrogens with one attached hydrogen (secondary N) is 1. The number of carbonyl (C=O) groups is 1. The molecule has 1 atom stereocenters. The highest BCUT2D eigenvalue weighted by atomic mass is 16.2. The fourth-order valence-electron chi connectivity index (χ4n) is 0.604. The van der Waals surface area contributed by atoms with Gasteiger partial charge in [0.25, 0.3) is 0 Å². The van der Waals surface area contributed by atoms with Crippen molar-refractivity contribution in [3.05, 3.63) is 18.6 Å². The van der Waals surface area contributed by atoms with Gasteiger partial charge in [-0.1, -0.05) is 0 Å². The van der Waals surface area contributed by atoms with Crippen molar-refractivity contribution in [3.63, 3.8) is 0 Å². The number of carbonyl (C=O) groups excluding carboxylic acids is 1.